The minimum atomic E-state index is -0.0380. The molecule has 0 spiro atoms. The molecule has 62 heavy (non-hydrogen) atoms. The Morgan fingerprint density at radius 3 is 1.77 bits per heavy atom. The number of benzene rings is 6. The van der Waals surface area contributed by atoms with Crippen LogP contribution in [0.1, 0.15) is 79.0 Å². The fraction of sp³-hybridized carbons (Fsp3) is 0.214. The Balaban J connectivity index is 1.09. The van der Waals surface area contributed by atoms with E-state index in [1.807, 2.05) is 41.2 Å². The fourth-order valence-corrected chi connectivity index (χ4v) is 9.33. The summed E-state index contributed by atoms with van der Waals surface area (Å²) >= 11 is 0. The molecule has 11 rings (SSSR count). The highest BCUT2D eigenvalue weighted by Crippen LogP contribution is 2.45. The molecule has 0 N–H and O–H groups in total. The summed E-state index contributed by atoms with van der Waals surface area (Å²) in [7, 11) is 0. The number of hydrogen-bond donors (Lipinski definition) is 0. The van der Waals surface area contributed by atoms with Crippen LogP contribution in [0.5, 0.6) is 11.5 Å². The van der Waals surface area contributed by atoms with Gasteiger partial charge in [0.25, 0.3) is 0 Å². The van der Waals surface area contributed by atoms with Crippen LogP contribution < -0.4 is 4.74 Å². The maximum atomic E-state index is 6.56. The van der Waals surface area contributed by atoms with Crippen LogP contribution in [0, 0.1) is 6.33 Å². The van der Waals surface area contributed by atoms with Gasteiger partial charge in [-0.15, -0.1) is 0 Å². The summed E-state index contributed by atoms with van der Waals surface area (Å²) in [6.07, 6.45) is 8.51. The molecule has 306 valence electrons. The molecule has 6 heteroatoms. The fourth-order valence-electron chi connectivity index (χ4n) is 9.33. The Morgan fingerprint density at radius 1 is 0.484 bits per heavy atom. The molecule has 0 aliphatic heterocycles. The standard InChI is InChI=1S/C56H50N5O/c1-54(2,3)36-15-20-50-45(27-36)47-29-38(56(7,8)9)28-46-44-26-35(14-19-49(44)61(50)53(46)47)34-13-18-48-43(25-34)42-17-16-41(62-40-12-10-11-39(31-40)59-24-23-57-33-59)32-51(42)60(48)52-30-37(21-22-58-52)55(4,5)6/h10-32H,1-9H3/q-1. The van der Waals surface area contributed by atoms with Crippen molar-refractivity contribution in [1.29, 1.82) is 0 Å². The number of imidazole rings is 1. The van der Waals surface area contributed by atoms with Crippen molar-refractivity contribution in [1.82, 2.24) is 23.5 Å². The third kappa shape index (κ3) is 6.06. The van der Waals surface area contributed by atoms with Gasteiger partial charge in [-0.05, 0) is 135 Å². The van der Waals surface area contributed by atoms with Crippen LogP contribution in [-0.4, -0.2) is 23.5 Å². The van der Waals surface area contributed by atoms with Crippen LogP contribution in [0.2, 0.25) is 0 Å². The number of fused-ring (bicyclic) bond motifs is 9. The summed E-state index contributed by atoms with van der Waals surface area (Å²) in [4.78, 5) is 9.07. The molecule has 5 aromatic heterocycles. The van der Waals surface area contributed by atoms with Gasteiger partial charge in [-0.1, -0.05) is 105 Å². The first-order valence-electron chi connectivity index (χ1n) is 21.6. The van der Waals surface area contributed by atoms with Gasteiger partial charge in [0.2, 0.25) is 0 Å². The molecule has 0 aliphatic carbocycles. The van der Waals surface area contributed by atoms with Crippen molar-refractivity contribution in [2.45, 2.75) is 78.6 Å². The maximum absolute atomic E-state index is 6.56. The largest absolute Gasteiger partial charge is 0.458 e. The van der Waals surface area contributed by atoms with Crippen LogP contribution >= 0.6 is 0 Å². The summed E-state index contributed by atoms with van der Waals surface area (Å²) in [5.74, 6) is 2.36. The number of rotatable bonds is 5. The molecule has 6 nitrogen and oxygen atoms in total. The van der Waals surface area contributed by atoms with Crippen molar-refractivity contribution in [3.8, 4) is 34.1 Å². The quantitative estimate of drug-likeness (QED) is 0.163. The minimum Gasteiger partial charge on any atom is -0.458 e. The second-order valence-corrected chi connectivity index (χ2v) is 20.1. The third-order valence-electron chi connectivity index (χ3n) is 12.8. The van der Waals surface area contributed by atoms with Gasteiger partial charge in [0.15, 0.2) is 0 Å². The van der Waals surface area contributed by atoms with Gasteiger partial charge in [0.05, 0.1) is 27.6 Å². The van der Waals surface area contributed by atoms with Crippen LogP contribution in [0.4, 0.5) is 0 Å². The van der Waals surface area contributed by atoms with E-state index in [9.17, 15) is 0 Å². The molecule has 0 fully saturated rings. The number of nitrogens with zero attached hydrogens (tertiary/aromatic N) is 5. The molecule has 5 heterocycles. The molecule has 11 aromatic rings. The average molecular weight is 809 g/mol. The second kappa shape index (κ2) is 13.3. The van der Waals surface area contributed by atoms with Gasteiger partial charge in [0.1, 0.15) is 17.3 Å². The summed E-state index contributed by atoms with van der Waals surface area (Å²) in [5.41, 5.74) is 13.2. The van der Waals surface area contributed by atoms with Crippen molar-refractivity contribution in [2.24, 2.45) is 0 Å². The van der Waals surface area contributed by atoms with Crippen LogP contribution in [0.3, 0.4) is 0 Å². The van der Waals surface area contributed by atoms with Gasteiger partial charge >= 0.3 is 0 Å². The molecule has 0 bridgehead atoms. The molecule has 0 aliphatic rings. The van der Waals surface area contributed by atoms with E-state index < -0.39 is 0 Å². The molecule has 0 saturated carbocycles. The zero-order valence-corrected chi connectivity index (χ0v) is 36.9. The lowest BCUT2D eigenvalue weighted by Gasteiger charge is -2.20. The van der Waals surface area contributed by atoms with Crippen molar-refractivity contribution in [3.63, 3.8) is 0 Å². The maximum Gasteiger partial charge on any atom is 0.137 e. The first-order valence-corrected chi connectivity index (χ1v) is 21.6. The molecule has 0 saturated heterocycles. The predicted octanol–water partition coefficient (Wildman–Crippen LogP) is 14.7. The van der Waals surface area contributed by atoms with E-state index in [1.165, 1.54) is 65.9 Å². The van der Waals surface area contributed by atoms with Gasteiger partial charge in [-0.3, -0.25) is 4.57 Å². The molecule has 6 aromatic carbocycles. The molecular weight excluding hydrogens is 759 g/mol. The van der Waals surface area contributed by atoms with E-state index in [4.69, 9.17) is 9.72 Å². The topological polar surface area (TPSA) is 49.3 Å². The van der Waals surface area contributed by atoms with Crippen molar-refractivity contribution < 1.29 is 4.74 Å². The average Bonchev–Trinajstić information content (AvgIpc) is 4.03. The minimum absolute atomic E-state index is 0.00416. The lowest BCUT2D eigenvalue weighted by molar-refractivity contribution is 0.483. The van der Waals surface area contributed by atoms with Gasteiger partial charge in [-0.2, -0.15) is 0 Å². The summed E-state index contributed by atoms with van der Waals surface area (Å²) in [5, 5.41) is 7.54. The van der Waals surface area contributed by atoms with Gasteiger partial charge in [-0.25, -0.2) is 4.98 Å². The predicted molar refractivity (Wildman–Crippen MR) is 257 cm³/mol. The van der Waals surface area contributed by atoms with Crippen molar-refractivity contribution in [2.75, 3.05) is 0 Å². The lowest BCUT2D eigenvalue weighted by atomic mass is 9.84. The lowest BCUT2D eigenvalue weighted by Crippen LogP contribution is -2.12. The molecular formula is C56H50N5O-. The highest BCUT2D eigenvalue weighted by Gasteiger charge is 2.25. The molecule has 0 amide bonds. The summed E-state index contributed by atoms with van der Waals surface area (Å²) < 4.78 is 13.2. The van der Waals surface area contributed by atoms with E-state index in [2.05, 4.69) is 180 Å². The van der Waals surface area contributed by atoms with Crippen LogP contribution in [0.25, 0.3) is 82.5 Å². The number of pyridine rings is 1. The Hall–Kier alpha value is -6.92. The van der Waals surface area contributed by atoms with Gasteiger partial charge in [0, 0.05) is 50.9 Å². The van der Waals surface area contributed by atoms with Crippen molar-refractivity contribution >= 4 is 59.9 Å². The van der Waals surface area contributed by atoms with E-state index >= 15 is 0 Å². The first-order chi connectivity index (χ1) is 29.6. The number of aromatic nitrogens is 5. The highest BCUT2D eigenvalue weighted by atomic mass is 16.5. The third-order valence-corrected chi connectivity index (χ3v) is 12.8. The van der Waals surface area contributed by atoms with E-state index in [0.717, 1.165) is 44.8 Å². The van der Waals surface area contributed by atoms with Crippen molar-refractivity contribution in [3.05, 3.63) is 163 Å². The zero-order valence-electron chi connectivity index (χ0n) is 36.9. The zero-order chi connectivity index (χ0) is 42.9. The normalized spacial score (nSPS) is 12.9. The number of ether oxygens (including phenoxy) is 1. The van der Waals surface area contributed by atoms with Crippen LogP contribution in [0.15, 0.2) is 140 Å². The molecule has 0 unspecified atom stereocenters. The molecule has 0 atom stereocenters. The first kappa shape index (κ1) is 38.0. The number of hydrogen-bond acceptors (Lipinski definition) is 3. The highest BCUT2D eigenvalue weighted by molar-refractivity contribution is 6.24. The van der Waals surface area contributed by atoms with E-state index in [0.29, 0.717) is 0 Å². The van der Waals surface area contributed by atoms with E-state index in [-0.39, 0.29) is 16.2 Å². The smallest absolute Gasteiger partial charge is 0.137 e. The SMILES string of the molecule is CC(C)(C)c1ccnc(-n2c3ccc(-c4ccc5c(c4)c4cc(C(C)(C)C)cc6c7cc(C(C)(C)C)ccc7n5c46)cc3c3ccc(Oc4cccc(-n5[c-]ncc5)c4)cc32)c1. The Labute approximate surface area is 362 Å². The summed E-state index contributed by atoms with van der Waals surface area (Å²) in [6, 6.07) is 44.6. The van der Waals surface area contributed by atoms with Crippen LogP contribution in [-0.2, 0) is 16.2 Å². The summed E-state index contributed by atoms with van der Waals surface area (Å²) in [6.45, 7) is 20.6. The van der Waals surface area contributed by atoms with Gasteiger partial charge < -0.3 is 18.7 Å². The monoisotopic (exact) mass is 808 g/mol. The second-order valence-electron chi connectivity index (χ2n) is 20.1. The Kier molecular flexibility index (Phi) is 8.15. The Morgan fingerprint density at radius 2 is 1.10 bits per heavy atom. The van der Waals surface area contributed by atoms with E-state index in [1.54, 1.807) is 6.20 Å². The Bertz CT molecular complexity index is 3540. The molecule has 0 radical (unpaired) electrons.